The SMILES string of the molecule is CCCCc1ccc(S(=O)(=O)N2CCCC[C@H]2C)cc1. The summed E-state index contributed by atoms with van der Waals surface area (Å²) in [4.78, 5) is 0.437. The van der Waals surface area contributed by atoms with Crippen molar-refractivity contribution in [2.75, 3.05) is 6.54 Å². The fourth-order valence-electron chi connectivity index (χ4n) is 2.77. The molecule has 20 heavy (non-hydrogen) atoms. The Balaban J connectivity index is 2.16. The molecule has 0 unspecified atom stereocenters. The van der Waals surface area contributed by atoms with Gasteiger partial charge in [0.25, 0.3) is 0 Å². The molecule has 0 aromatic heterocycles. The van der Waals surface area contributed by atoms with Gasteiger partial charge in [0.05, 0.1) is 4.90 Å². The molecule has 1 saturated heterocycles. The molecule has 1 heterocycles. The standard InChI is InChI=1S/C16H25NO2S/c1-3-4-8-15-9-11-16(12-10-15)20(18,19)17-13-6-5-7-14(17)2/h9-12,14H,3-8,13H2,1-2H3/t14-/m1/s1. The van der Waals surface area contributed by atoms with Crippen LogP contribution in [0.15, 0.2) is 29.2 Å². The summed E-state index contributed by atoms with van der Waals surface area (Å²) in [5, 5.41) is 0. The molecule has 1 aliphatic heterocycles. The van der Waals surface area contributed by atoms with Gasteiger partial charge in [-0.2, -0.15) is 4.31 Å². The van der Waals surface area contributed by atoms with Crippen LogP contribution in [0.5, 0.6) is 0 Å². The third-order valence-corrected chi connectivity index (χ3v) is 6.12. The molecule has 0 spiro atoms. The molecule has 0 radical (unpaired) electrons. The molecule has 0 amide bonds. The molecular weight excluding hydrogens is 270 g/mol. The minimum absolute atomic E-state index is 0.119. The highest BCUT2D eigenvalue weighted by molar-refractivity contribution is 7.89. The second kappa shape index (κ2) is 6.72. The summed E-state index contributed by atoms with van der Waals surface area (Å²) in [5.41, 5.74) is 1.22. The zero-order chi connectivity index (χ0) is 14.6. The maximum absolute atomic E-state index is 12.6. The van der Waals surface area contributed by atoms with Crippen LogP contribution in [0.1, 0.15) is 51.5 Å². The normalized spacial score (nSPS) is 21.0. The van der Waals surface area contributed by atoms with Crippen molar-refractivity contribution in [1.29, 1.82) is 0 Å². The number of hydrogen-bond donors (Lipinski definition) is 0. The van der Waals surface area contributed by atoms with Crippen LogP contribution in [0.25, 0.3) is 0 Å². The van der Waals surface area contributed by atoms with Crippen LogP contribution < -0.4 is 0 Å². The first-order valence-electron chi connectivity index (χ1n) is 7.66. The van der Waals surface area contributed by atoms with Gasteiger partial charge in [-0.15, -0.1) is 0 Å². The maximum atomic E-state index is 12.6. The smallest absolute Gasteiger partial charge is 0.207 e. The van der Waals surface area contributed by atoms with Gasteiger partial charge < -0.3 is 0 Å². The van der Waals surface area contributed by atoms with Gasteiger partial charge in [-0.1, -0.05) is 31.9 Å². The van der Waals surface area contributed by atoms with Crippen LogP contribution in [0, 0.1) is 0 Å². The Morgan fingerprint density at radius 1 is 1.20 bits per heavy atom. The molecule has 2 rings (SSSR count). The van der Waals surface area contributed by atoms with Gasteiger partial charge in [0.2, 0.25) is 10.0 Å². The Kier molecular flexibility index (Phi) is 5.22. The van der Waals surface area contributed by atoms with Gasteiger partial charge in [0, 0.05) is 12.6 Å². The van der Waals surface area contributed by atoms with E-state index in [0.29, 0.717) is 11.4 Å². The predicted molar refractivity (Wildman–Crippen MR) is 82.3 cm³/mol. The van der Waals surface area contributed by atoms with Crippen LogP contribution in [-0.4, -0.2) is 25.3 Å². The zero-order valence-electron chi connectivity index (χ0n) is 12.5. The Morgan fingerprint density at radius 2 is 1.90 bits per heavy atom. The van der Waals surface area contributed by atoms with E-state index in [1.807, 2.05) is 19.1 Å². The van der Waals surface area contributed by atoms with Crippen molar-refractivity contribution >= 4 is 10.0 Å². The lowest BCUT2D eigenvalue weighted by Gasteiger charge is -2.32. The third-order valence-electron chi connectivity index (χ3n) is 4.09. The molecule has 0 N–H and O–H groups in total. The first-order valence-corrected chi connectivity index (χ1v) is 9.10. The largest absolute Gasteiger partial charge is 0.243 e. The first kappa shape index (κ1) is 15.5. The van der Waals surface area contributed by atoms with E-state index in [2.05, 4.69) is 6.92 Å². The van der Waals surface area contributed by atoms with E-state index >= 15 is 0 Å². The average molecular weight is 295 g/mol. The van der Waals surface area contributed by atoms with Crippen molar-refractivity contribution in [2.24, 2.45) is 0 Å². The molecule has 0 bridgehead atoms. The molecule has 1 atom stereocenters. The van der Waals surface area contributed by atoms with Crippen molar-refractivity contribution in [3.05, 3.63) is 29.8 Å². The Bertz CT molecular complexity index is 522. The average Bonchev–Trinajstić information content (AvgIpc) is 2.46. The number of benzene rings is 1. The molecule has 1 aromatic rings. The predicted octanol–water partition coefficient (Wildman–Crippen LogP) is 3.59. The van der Waals surface area contributed by atoms with Gasteiger partial charge in [0.15, 0.2) is 0 Å². The van der Waals surface area contributed by atoms with Crippen LogP contribution in [0.2, 0.25) is 0 Å². The van der Waals surface area contributed by atoms with Gasteiger partial charge in [-0.05, 0) is 50.3 Å². The molecule has 112 valence electrons. The number of unbranched alkanes of at least 4 members (excludes halogenated alkanes) is 1. The number of piperidine rings is 1. The summed E-state index contributed by atoms with van der Waals surface area (Å²) >= 11 is 0. The lowest BCUT2D eigenvalue weighted by atomic mass is 10.1. The lowest BCUT2D eigenvalue weighted by molar-refractivity contribution is 0.268. The number of sulfonamides is 1. The highest BCUT2D eigenvalue weighted by Gasteiger charge is 2.30. The van der Waals surface area contributed by atoms with Crippen molar-refractivity contribution < 1.29 is 8.42 Å². The molecule has 4 heteroatoms. The molecule has 1 aromatic carbocycles. The van der Waals surface area contributed by atoms with Crippen LogP contribution in [-0.2, 0) is 16.4 Å². The summed E-state index contributed by atoms with van der Waals surface area (Å²) in [5.74, 6) is 0. The van der Waals surface area contributed by atoms with Crippen molar-refractivity contribution in [3.8, 4) is 0 Å². The third kappa shape index (κ3) is 3.41. The number of hydrogen-bond acceptors (Lipinski definition) is 2. The van der Waals surface area contributed by atoms with Crippen molar-refractivity contribution in [3.63, 3.8) is 0 Å². The Hall–Kier alpha value is -0.870. The topological polar surface area (TPSA) is 37.4 Å². The van der Waals surface area contributed by atoms with E-state index in [0.717, 1.165) is 38.5 Å². The van der Waals surface area contributed by atoms with Crippen LogP contribution in [0.3, 0.4) is 0 Å². The zero-order valence-corrected chi connectivity index (χ0v) is 13.3. The summed E-state index contributed by atoms with van der Waals surface area (Å²) < 4.78 is 27.0. The quantitative estimate of drug-likeness (QED) is 0.832. The molecule has 0 saturated carbocycles. The second-order valence-electron chi connectivity index (χ2n) is 5.71. The van der Waals surface area contributed by atoms with E-state index in [-0.39, 0.29) is 6.04 Å². The van der Waals surface area contributed by atoms with E-state index in [1.54, 1.807) is 16.4 Å². The van der Waals surface area contributed by atoms with Gasteiger partial charge in [-0.25, -0.2) is 8.42 Å². The Labute approximate surface area is 123 Å². The fraction of sp³-hybridized carbons (Fsp3) is 0.625. The number of aryl methyl sites for hydroxylation is 1. The summed E-state index contributed by atoms with van der Waals surface area (Å²) in [6, 6.07) is 7.56. The Morgan fingerprint density at radius 3 is 2.50 bits per heavy atom. The molecule has 1 fully saturated rings. The van der Waals surface area contributed by atoms with E-state index in [9.17, 15) is 8.42 Å². The summed E-state index contributed by atoms with van der Waals surface area (Å²) in [6.45, 7) is 4.82. The molecule has 0 aliphatic carbocycles. The minimum atomic E-state index is -3.32. The summed E-state index contributed by atoms with van der Waals surface area (Å²) in [7, 11) is -3.32. The van der Waals surface area contributed by atoms with Gasteiger partial charge in [-0.3, -0.25) is 0 Å². The molecule has 3 nitrogen and oxygen atoms in total. The monoisotopic (exact) mass is 295 g/mol. The van der Waals surface area contributed by atoms with E-state index in [4.69, 9.17) is 0 Å². The fourth-order valence-corrected chi connectivity index (χ4v) is 4.47. The molecular formula is C16H25NO2S. The number of nitrogens with zero attached hydrogens (tertiary/aromatic N) is 1. The summed E-state index contributed by atoms with van der Waals surface area (Å²) in [6.07, 6.45) is 6.40. The second-order valence-corrected chi connectivity index (χ2v) is 7.60. The first-order chi connectivity index (χ1) is 9.55. The van der Waals surface area contributed by atoms with Gasteiger partial charge in [0.1, 0.15) is 0 Å². The van der Waals surface area contributed by atoms with Crippen LogP contribution in [0.4, 0.5) is 0 Å². The highest BCUT2D eigenvalue weighted by atomic mass is 32.2. The van der Waals surface area contributed by atoms with Crippen LogP contribution >= 0.6 is 0 Å². The van der Waals surface area contributed by atoms with Crippen molar-refractivity contribution in [2.45, 2.75) is 63.3 Å². The highest BCUT2D eigenvalue weighted by Crippen LogP contribution is 2.25. The maximum Gasteiger partial charge on any atom is 0.243 e. The minimum Gasteiger partial charge on any atom is -0.207 e. The van der Waals surface area contributed by atoms with E-state index < -0.39 is 10.0 Å². The lowest BCUT2D eigenvalue weighted by Crippen LogP contribution is -2.41. The molecule has 1 aliphatic rings. The van der Waals surface area contributed by atoms with Gasteiger partial charge >= 0.3 is 0 Å². The number of rotatable bonds is 5. The van der Waals surface area contributed by atoms with E-state index in [1.165, 1.54) is 5.56 Å². The van der Waals surface area contributed by atoms with Crippen molar-refractivity contribution in [1.82, 2.24) is 4.31 Å².